The summed E-state index contributed by atoms with van der Waals surface area (Å²) in [4.78, 5) is 17.4. The third-order valence-electron chi connectivity index (χ3n) is 7.84. The summed E-state index contributed by atoms with van der Waals surface area (Å²) < 4.78 is 82.5. The van der Waals surface area contributed by atoms with Gasteiger partial charge in [-0.15, -0.1) is 0 Å². The van der Waals surface area contributed by atoms with Crippen molar-refractivity contribution in [1.82, 2.24) is 24.5 Å². The van der Waals surface area contributed by atoms with Gasteiger partial charge in [0.1, 0.15) is 6.23 Å². The number of rotatable bonds is 6. The van der Waals surface area contributed by atoms with Crippen molar-refractivity contribution < 1.29 is 41.0 Å². The Morgan fingerprint density at radius 3 is 2.05 bits per heavy atom. The number of fused-ring (bicyclic) bond motifs is 1. The number of hydrogen-bond donors (Lipinski definition) is 1. The number of piperidine rings is 1. The molecule has 4 rings (SSSR count). The van der Waals surface area contributed by atoms with E-state index in [4.69, 9.17) is 5.10 Å². The molecule has 3 saturated heterocycles. The quantitative estimate of drug-likeness (QED) is 0.536. The van der Waals surface area contributed by atoms with Crippen LogP contribution in [0, 0.1) is 11.8 Å². The predicted octanol–water partition coefficient (Wildman–Crippen LogP) is 3.98. The molecule has 3 atom stereocenters. The Hall–Kier alpha value is -2.06. The maximum Gasteiger partial charge on any atom is 0.434 e. The first kappa shape index (κ1) is 28.9. The van der Waals surface area contributed by atoms with Gasteiger partial charge in [0.25, 0.3) is 6.10 Å². The molecule has 0 saturated carbocycles. The largest absolute Gasteiger partial charge is 0.434 e. The van der Waals surface area contributed by atoms with Crippen molar-refractivity contribution in [2.24, 2.45) is 11.8 Å². The lowest BCUT2D eigenvalue weighted by Gasteiger charge is -2.33. The van der Waals surface area contributed by atoms with Gasteiger partial charge in [-0.3, -0.25) is 14.5 Å². The molecule has 3 unspecified atom stereocenters. The fourth-order valence-corrected chi connectivity index (χ4v) is 5.82. The monoisotopic (exact) mass is 555 g/mol. The fourth-order valence-electron chi connectivity index (χ4n) is 5.82. The van der Waals surface area contributed by atoms with Crippen molar-refractivity contribution in [3.05, 3.63) is 17.5 Å². The van der Waals surface area contributed by atoms with E-state index >= 15 is 0 Å². The first-order valence-electron chi connectivity index (χ1n) is 12.9. The molecule has 0 spiro atoms. The van der Waals surface area contributed by atoms with Gasteiger partial charge in [0.15, 0.2) is 0 Å². The molecule has 3 fully saturated rings. The Morgan fingerprint density at radius 2 is 1.58 bits per heavy atom. The molecule has 4 heterocycles. The van der Waals surface area contributed by atoms with Gasteiger partial charge in [0.05, 0.1) is 5.69 Å². The van der Waals surface area contributed by atoms with Crippen molar-refractivity contribution in [3.63, 3.8) is 0 Å². The van der Waals surface area contributed by atoms with E-state index in [0.717, 1.165) is 42.1 Å². The third kappa shape index (κ3) is 6.39. The Balaban J connectivity index is 1.36. The number of likely N-dealkylation sites (tertiary alicyclic amines) is 3. The highest BCUT2D eigenvalue weighted by atomic mass is 19.4. The molecule has 1 aromatic heterocycles. The number of hydrogen-bond acceptors (Lipinski definition) is 6. The van der Waals surface area contributed by atoms with E-state index in [0.29, 0.717) is 19.6 Å². The molecule has 3 aliphatic rings. The summed E-state index contributed by atoms with van der Waals surface area (Å²) >= 11 is 0. The van der Waals surface area contributed by atoms with E-state index in [1.807, 2.05) is 29.6 Å². The third-order valence-corrected chi connectivity index (χ3v) is 7.84. The van der Waals surface area contributed by atoms with E-state index in [-0.39, 0.29) is 36.9 Å². The first-order valence-corrected chi connectivity index (χ1v) is 12.9. The number of aliphatic hydroxyl groups is 1. The van der Waals surface area contributed by atoms with E-state index in [1.54, 1.807) is 6.92 Å². The summed E-state index contributed by atoms with van der Waals surface area (Å²) in [5.41, 5.74) is 2.14. The number of amides is 1. The van der Waals surface area contributed by atoms with Crippen LogP contribution in [0.1, 0.15) is 56.8 Å². The molecule has 1 N–H and O–H groups in total. The zero-order chi connectivity index (χ0) is 28.0. The molecule has 38 heavy (non-hydrogen) atoms. The fraction of sp³-hybridized carbons (Fsp3) is 0.833. The van der Waals surface area contributed by atoms with Gasteiger partial charge in [-0.05, 0) is 45.4 Å². The van der Waals surface area contributed by atoms with Gasteiger partial charge >= 0.3 is 18.4 Å². The van der Waals surface area contributed by atoms with Gasteiger partial charge in [0, 0.05) is 69.5 Å². The predicted molar refractivity (Wildman–Crippen MR) is 124 cm³/mol. The maximum atomic E-state index is 12.8. The van der Waals surface area contributed by atoms with Crippen LogP contribution >= 0.6 is 0 Å². The Morgan fingerprint density at radius 1 is 1.03 bits per heavy atom. The van der Waals surface area contributed by atoms with Crippen LogP contribution in [-0.4, -0.2) is 99.6 Å². The van der Waals surface area contributed by atoms with Crippen molar-refractivity contribution >= 4 is 6.09 Å². The summed E-state index contributed by atoms with van der Waals surface area (Å²) in [7, 11) is 0. The summed E-state index contributed by atoms with van der Waals surface area (Å²) in [6, 6.07) is 0.176. The van der Waals surface area contributed by atoms with Gasteiger partial charge in [-0.25, -0.2) is 4.79 Å². The van der Waals surface area contributed by atoms with Crippen LogP contribution < -0.4 is 0 Å². The lowest BCUT2D eigenvalue weighted by atomic mass is 9.91. The van der Waals surface area contributed by atoms with Crippen molar-refractivity contribution in [1.29, 1.82) is 0 Å². The van der Waals surface area contributed by atoms with Gasteiger partial charge in [-0.2, -0.15) is 31.4 Å². The molecule has 0 aromatic carbocycles. The standard InChI is InChI=1S/C24H35F6N5O3/c1-14(2)35-13-19(20(31-35)16-4-6-33(7-5-16)15(3)36)10-32-8-17-11-34(12-18(17)9-32)22(37)38-21(23(25,26)27)24(28,29)30/h13-18,21,36H,4-12H2,1-3H3. The van der Waals surface area contributed by atoms with Crippen molar-refractivity contribution in [3.8, 4) is 0 Å². The van der Waals surface area contributed by atoms with E-state index in [2.05, 4.69) is 9.64 Å². The number of nitrogens with zero attached hydrogens (tertiary/aromatic N) is 5. The zero-order valence-electron chi connectivity index (χ0n) is 21.7. The van der Waals surface area contributed by atoms with Crippen molar-refractivity contribution in [2.75, 3.05) is 39.3 Å². The first-order chi connectivity index (χ1) is 17.6. The Labute approximate surface area is 217 Å². The second kappa shape index (κ2) is 10.8. The summed E-state index contributed by atoms with van der Waals surface area (Å²) in [6.07, 6.45) is -13.9. The lowest BCUT2D eigenvalue weighted by Crippen LogP contribution is -2.48. The smallest absolute Gasteiger partial charge is 0.426 e. The molecular weight excluding hydrogens is 520 g/mol. The van der Waals surface area contributed by atoms with Crippen LogP contribution in [0.3, 0.4) is 0 Å². The molecule has 216 valence electrons. The van der Waals surface area contributed by atoms with Crippen LogP contribution in [0.2, 0.25) is 0 Å². The van der Waals surface area contributed by atoms with Crippen molar-refractivity contribution in [2.45, 2.75) is 76.8 Å². The normalized spacial score (nSPS) is 25.0. The highest BCUT2D eigenvalue weighted by Crippen LogP contribution is 2.38. The number of ether oxygens (including phenoxy) is 1. The number of carbonyl (C=O) groups excluding carboxylic acids is 1. The topological polar surface area (TPSA) is 74.1 Å². The zero-order valence-corrected chi connectivity index (χ0v) is 21.7. The van der Waals surface area contributed by atoms with Crippen LogP contribution in [0.4, 0.5) is 31.1 Å². The minimum Gasteiger partial charge on any atom is -0.426 e. The molecule has 0 radical (unpaired) electrons. The Kier molecular flexibility index (Phi) is 8.25. The van der Waals surface area contributed by atoms with Gasteiger partial charge in [0.2, 0.25) is 0 Å². The molecule has 14 heteroatoms. The molecule has 1 amide bonds. The second-order valence-corrected chi connectivity index (χ2v) is 11.0. The maximum absolute atomic E-state index is 12.8. The van der Waals surface area contributed by atoms with E-state index < -0.39 is 30.8 Å². The molecular formula is C24H35F6N5O3. The lowest BCUT2D eigenvalue weighted by molar-refractivity contribution is -0.308. The van der Waals surface area contributed by atoms with Crippen LogP contribution in [0.5, 0.6) is 0 Å². The average molecular weight is 556 g/mol. The molecule has 0 aliphatic carbocycles. The highest BCUT2D eigenvalue weighted by molar-refractivity contribution is 5.68. The Bertz CT molecular complexity index is 946. The minimum atomic E-state index is -5.73. The molecule has 1 aromatic rings. The van der Waals surface area contributed by atoms with E-state index in [1.165, 1.54) is 0 Å². The summed E-state index contributed by atoms with van der Waals surface area (Å²) in [5, 5.41) is 14.7. The van der Waals surface area contributed by atoms with Gasteiger partial charge < -0.3 is 14.7 Å². The SMILES string of the molecule is CC(O)N1CCC(c2nn(C(C)C)cc2CN2CC3CN(C(=O)OC(C(F)(F)F)C(F)(F)F)CC3C2)CC1. The second-order valence-electron chi connectivity index (χ2n) is 11.0. The number of aliphatic hydroxyl groups excluding tert-OH is 1. The van der Waals surface area contributed by atoms with E-state index in [9.17, 15) is 36.2 Å². The number of carbonyl (C=O) groups is 1. The molecule has 3 aliphatic heterocycles. The summed E-state index contributed by atoms with van der Waals surface area (Å²) in [6.45, 7) is 9.29. The average Bonchev–Trinajstić information content (AvgIpc) is 3.49. The molecule has 8 nitrogen and oxygen atoms in total. The number of aromatic nitrogens is 2. The summed E-state index contributed by atoms with van der Waals surface area (Å²) in [5.74, 6) is 0.147. The molecule has 0 bridgehead atoms. The minimum absolute atomic E-state index is 0.0539. The van der Waals surface area contributed by atoms with Crippen LogP contribution in [0.15, 0.2) is 6.20 Å². The van der Waals surface area contributed by atoms with Crippen LogP contribution in [0.25, 0.3) is 0 Å². The number of halogens is 6. The van der Waals surface area contributed by atoms with Crippen LogP contribution in [-0.2, 0) is 11.3 Å². The van der Waals surface area contributed by atoms with Gasteiger partial charge in [-0.1, -0.05) is 0 Å². The number of alkyl halides is 6. The highest BCUT2D eigenvalue weighted by Gasteiger charge is 2.60.